The van der Waals surface area contributed by atoms with Crippen molar-refractivity contribution in [1.29, 1.82) is 0 Å². The maximum absolute atomic E-state index is 12.9. The maximum Gasteiger partial charge on any atom is 0.191 e. The van der Waals surface area contributed by atoms with E-state index in [2.05, 4.69) is 15.6 Å². The topological polar surface area (TPSA) is 75.1 Å². The first kappa shape index (κ1) is 23.8. The van der Waals surface area contributed by atoms with Crippen LogP contribution < -0.4 is 20.1 Å². The fourth-order valence-electron chi connectivity index (χ4n) is 2.37. The summed E-state index contributed by atoms with van der Waals surface area (Å²) in [5.41, 5.74) is 0.862. The van der Waals surface area contributed by atoms with Gasteiger partial charge in [0.15, 0.2) is 17.5 Å². The summed E-state index contributed by atoms with van der Waals surface area (Å²) in [6.07, 6.45) is -0.135. The Balaban J connectivity index is 0.00000392. The van der Waals surface area contributed by atoms with Crippen molar-refractivity contribution in [2.24, 2.45) is 4.99 Å². The number of hydrogen-bond donors (Lipinski definition) is 3. The highest BCUT2D eigenvalue weighted by atomic mass is 127. The molecule has 1 atom stereocenters. The van der Waals surface area contributed by atoms with Gasteiger partial charge in [-0.2, -0.15) is 0 Å². The number of benzene rings is 2. The van der Waals surface area contributed by atoms with Crippen LogP contribution >= 0.6 is 24.0 Å². The molecule has 28 heavy (non-hydrogen) atoms. The first-order chi connectivity index (χ1) is 13.0. The van der Waals surface area contributed by atoms with Crippen LogP contribution in [0.3, 0.4) is 0 Å². The molecule has 1 unspecified atom stereocenters. The Morgan fingerprint density at radius 3 is 2.50 bits per heavy atom. The van der Waals surface area contributed by atoms with E-state index in [1.165, 1.54) is 19.2 Å². The monoisotopic (exact) mass is 503 g/mol. The molecule has 3 N–H and O–H groups in total. The number of rotatable bonds is 8. The zero-order chi connectivity index (χ0) is 19.6. The third kappa shape index (κ3) is 7.79. The second-order valence-electron chi connectivity index (χ2n) is 5.96. The van der Waals surface area contributed by atoms with Gasteiger partial charge in [-0.3, -0.25) is 0 Å². The summed E-state index contributed by atoms with van der Waals surface area (Å²) < 4.78 is 23.7. The number of nitrogens with one attached hydrogen (secondary N) is 2. The van der Waals surface area contributed by atoms with Crippen LogP contribution in [-0.2, 0) is 6.54 Å². The first-order valence-electron chi connectivity index (χ1n) is 8.82. The number of hydrogen-bond acceptors (Lipinski definition) is 4. The summed E-state index contributed by atoms with van der Waals surface area (Å²) in [7, 11) is 1.51. The molecule has 0 amide bonds. The molecule has 2 rings (SSSR count). The molecule has 0 aliphatic carbocycles. The van der Waals surface area contributed by atoms with Crippen LogP contribution in [0.1, 0.15) is 19.4 Å². The van der Waals surface area contributed by atoms with Crippen molar-refractivity contribution in [3.63, 3.8) is 0 Å². The Bertz CT molecular complexity index is 757. The van der Waals surface area contributed by atoms with Crippen LogP contribution in [0.2, 0.25) is 0 Å². The van der Waals surface area contributed by atoms with Crippen LogP contribution in [0.5, 0.6) is 17.2 Å². The second-order valence-corrected chi connectivity index (χ2v) is 5.96. The molecule has 0 aliphatic heterocycles. The molecule has 2 aromatic carbocycles. The molecule has 0 heterocycles. The predicted octanol–water partition coefficient (Wildman–Crippen LogP) is 3.68. The largest absolute Gasteiger partial charge is 0.504 e. The third-order valence-corrected chi connectivity index (χ3v) is 3.72. The van der Waals surface area contributed by atoms with Crippen molar-refractivity contribution in [2.45, 2.75) is 26.5 Å². The quantitative estimate of drug-likeness (QED) is 0.291. The van der Waals surface area contributed by atoms with E-state index >= 15 is 0 Å². The highest BCUT2D eigenvalue weighted by Gasteiger charge is 2.07. The number of nitrogens with zero attached hydrogens (tertiary/aromatic N) is 1. The summed E-state index contributed by atoms with van der Waals surface area (Å²) in [4.78, 5) is 4.51. The average Bonchev–Trinajstić information content (AvgIpc) is 2.66. The number of ether oxygens (including phenoxy) is 2. The lowest BCUT2D eigenvalue weighted by Gasteiger charge is -2.17. The van der Waals surface area contributed by atoms with Crippen LogP contribution in [-0.4, -0.2) is 37.4 Å². The number of halogens is 2. The molecule has 6 nitrogen and oxygen atoms in total. The summed E-state index contributed by atoms with van der Waals surface area (Å²) in [6, 6.07) is 11.1. The lowest BCUT2D eigenvalue weighted by Crippen LogP contribution is -2.41. The molecular weight excluding hydrogens is 476 g/mol. The van der Waals surface area contributed by atoms with Gasteiger partial charge in [-0.1, -0.05) is 6.07 Å². The lowest BCUT2D eigenvalue weighted by molar-refractivity contribution is 0.223. The van der Waals surface area contributed by atoms with E-state index in [1.807, 2.05) is 19.9 Å². The van der Waals surface area contributed by atoms with Gasteiger partial charge in [-0.25, -0.2) is 9.38 Å². The van der Waals surface area contributed by atoms with Crippen molar-refractivity contribution in [2.75, 3.05) is 20.2 Å². The molecule has 0 saturated carbocycles. The molecule has 8 heteroatoms. The minimum Gasteiger partial charge on any atom is -0.504 e. The molecule has 0 bridgehead atoms. The Kier molecular flexibility index (Phi) is 10.4. The molecule has 0 aromatic heterocycles. The number of methoxy groups -OCH3 is 1. The van der Waals surface area contributed by atoms with Gasteiger partial charge in [0.05, 0.1) is 20.2 Å². The van der Waals surface area contributed by atoms with E-state index in [9.17, 15) is 9.50 Å². The third-order valence-electron chi connectivity index (χ3n) is 3.72. The molecule has 154 valence electrons. The number of phenolic OH excluding ortho intramolecular Hbond substituents is 1. The molecule has 0 aliphatic rings. The molecule has 0 saturated heterocycles. The molecule has 0 radical (unpaired) electrons. The van der Waals surface area contributed by atoms with Crippen LogP contribution in [0.4, 0.5) is 4.39 Å². The minimum atomic E-state index is -0.292. The predicted molar refractivity (Wildman–Crippen MR) is 119 cm³/mol. The number of aliphatic imine (C=N–C) groups is 1. The maximum atomic E-state index is 12.9. The number of aromatic hydroxyl groups is 1. The lowest BCUT2D eigenvalue weighted by atomic mass is 10.2. The van der Waals surface area contributed by atoms with E-state index in [0.29, 0.717) is 37.1 Å². The summed E-state index contributed by atoms with van der Waals surface area (Å²) in [6.45, 7) is 5.54. The van der Waals surface area contributed by atoms with E-state index in [4.69, 9.17) is 9.47 Å². The normalized spacial score (nSPS) is 11.9. The van der Waals surface area contributed by atoms with Crippen molar-refractivity contribution >= 4 is 29.9 Å². The Hall–Kier alpha value is -2.23. The van der Waals surface area contributed by atoms with Gasteiger partial charge < -0.3 is 25.2 Å². The van der Waals surface area contributed by atoms with E-state index in [1.54, 1.807) is 24.3 Å². The van der Waals surface area contributed by atoms with Gasteiger partial charge in [0, 0.05) is 6.54 Å². The van der Waals surface area contributed by atoms with Crippen molar-refractivity contribution < 1.29 is 19.0 Å². The van der Waals surface area contributed by atoms with Gasteiger partial charge in [-0.05, 0) is 55.8 Å². The fourth-order valence-corrected chi connectivity index (χ4v) is 2.37. The smallest absolute Gasteiger partial charge is 0.191 e. The van der Waals surface area contributed by atoms with E-state index < -0.39 is 0 Å². The molecule has 2 aromatic rings. The minimum absolute atomic E-state index is 0. The van der Waals surface area contributed by atoms with Crippen molar-refractivity contribution in [3.8, 4) is 17.2 Å². The van der Waals surface area contributed by atoms with E-state index in [-0.39, 0.29) is 41.6 Å². The highest BCUT2D eigenvalue weighted by Crippen LogP contribution is 2.26. The Labute approximate surface area is 182 Å². The number of guanidine groups is 1. The standard InChI is InChI=1S/C20H26FN3O3.HI/c1-4-22-20(24-13-15-5-10-19(26-3)18(25)11-15)23-12-14(2)27-17-8-6-16(21)7-9-17;/h5-11,14,25H,4,12-13H2,1-3H3,(H2,22,23,24);1H. The van der Waals surface area contributed by atoms with Gasteiger partial charge in [-0.15, -0.1) is 24.0 Å². The zero-order valence-corrected chi connectivity index (χ0v) is 18.6. The SMILES string of the molecule is CCNC(=NCc1ccc(OC)c(O)c1)NCC(C)Oc1ccc(F)cc1.I. The van der Waals surface area contributed by atoms with Crippen LogP contribution in [0, 0.1) is 5.82 Å². The first-order valence-corrected chi connectivity index (χ1v) is 8.82. The van der Waals surface area contributed by atoms with Crippen LogP contribution in [0.15, 0.2) is 47.5 Å². The molecular formula is C20H27FIN3O3. The van der Waals surface area contributed by atoms with Gasteiger partial charge in [0.2, 0.25) is 0 Å². The summed E-state index contributed by atoms with van der Waals surface area (Å²) >= 11 is 0. The van der Waals surface area contributed by atoms with Gasteiger partial charge >= 0.3 is 0 Å². The van der Waals surface area contributed by atoms with Crippen LogP contribution in [0.25, 0.3) is 0 Å². The van der Waals surface area contributed by atoms with Crippen molar-refractivity contribution in [3.05, 3.63) is 53.8 Å². The highest BCUT2D eigenvalue weighted by molar-refractivity contribution is 14.0. The van der Waals surface area contributed by atoms with E-state index in [0.717, 1.165) is 5.56 Å². The van der Waals surface area contributed by atoms with Crippen molar-refractivity contribution in [1.82, 2.24) is 10.6 Å². The number of phenols is 1. The average molecular weight is 503 g/mol. The summed E-state index contributed by atoms with van der Waals surface area (Å²) in [5.74, 6) is 1.48. The van der Waals surface area contributed by atoms with Gasteiger partial charge in [0.1, 0.15) is 17.7 Å². The summed E-state index contributed by atoms with van der Waals surface area (Å²) in [5, 5.41) is 16.2. The van der Waals surface area contributed by atoms with Gasteiger partial charge in [0.25, 0.3) is 0 Å². The fraction of sp³-hybridized carbons (Fsp3) is 0.350. The molecule has 0 spiro atoms. The second kappa shape index (κ2) is 12.3. The molecule has 0 fully saturated rings. The Morgan fingerprint density at radius 1 is 1.18 bits per heavy atom. The Morgan fingerprint density at radius 2 is 1.89 bits per heavy atom. The zero-order valence-electron chi connectivity index (χ0n) is 16.2.